The summed E-state index contributed by atoms with van der Waals surface area (Å²) in [5, 5.41) is 3.92. The predicted octanol–water partition coefficient (Wildman–Crippen LogP) is 4.37. The lowest BCUT2D eigenvalue weighted by Crippen LogP contribution is -2.44. The summed E-state index contributed by atoms with van der Waals surface area (Å²) in [7, 11) is 1.34. The van der Waals surface area contributed by atoms with Crippen LogP contribution in [0.1, 0.15) is 43.4 Å². The van der Waals surface area contributed by atoms with E-state index in [4.69, 9.17) is 4.74 Å². The van der Waals surface area contributed by atoms with E-state index in [0.717, 1.165) is 28.5 Å². The molecular formula is C25H30N2O3. The van der Waals surface area contributed by atoms with Gasteiger partial charge in [0.1, 0.15) is 6.04 Å². The predicted molar refractivity (Wildman–Crippen MR) is 119 cm³/mol. The van der Waals surface area contributed by atoms with Gasteiger partial charge in [-0.05, 0) is 42.0 Å². The molecule has 1 unspecified atom stereocenters. The van der Waals surface area contributed by atoms with Crippen molar-refractivity contribution in [3.05, 3.63) is 71.4 Å². The van der Waals surface area contributed by atoms with E-state index in [1.165, 1.54) is 12.7 Å². The zero-order chi connectivity index (χ0) is 21.7. The highest BCUT2D eigenvalue weighted by Gasteiger charge is 2.26. The van der Waals surface area contributed by atoms with Crippen LogP contribution in [0, 0.1) is 5.92 Å². The van der Waals surface area contributed by atoms with Crippen LogP contribution in [0.25, 0.3) is 10.9 Å². The van der Waals surface area contributed by atoms with E-state index < -0.39 is 12.0 Å². The lowest BCUT2D eigenvalue weighted by atomic mass is 9.95. The summed E-state index contributed by atoms with van der Waals surface area (Å²) in [5.74, 6) is -0.426. The van der Waals surface area contributed by atoms with Crippen molar-refractivity contribution in [1.29, 1.82) is 0 Å². The number of para-hydroxylation sites is 1. The van der Waals surface area contributed by atoms with Crippen molar-refractivity contribution in [1.82, 2.24) is 10.3 Å². The largest absolute Gasteiger partial charge is 0.467 e. The molecule has 30 heavy (non-hydrogen) atoms. The number of rotatable bonds is 8. The van der Waals surface area contributed by atoms with Crippen LogP contribution in [0.2, 0.25) is 0 Å². The quantitative estimate of drug-likeness (QED) is 0.546. The molecule has 0 aliphatic carbocycles. The Morgan fingerprint density at radius 1 is 1.00 bits per heavy atom. The SMILES string of the molecule is COC(=O)C(Cc1c[nH]c2ccccc12)NC(=O)[C@@H](C)c1ccc(CC(C)C)cc1. The van der Waals surface area contributed by atoms with Gasteiger partial charge in [-0.2, -0.15) is 0 Å². The second kappa shape index (κ2) is 9.61. The number of nitrogens with one attached hydrogen (secondary N) is 2. The lowest BCUT2D eigenvalue weighted by Gasteiger charge is -2.19. The fourth-order valence-electron chi connectivity index (χ4n) is 3.72. The Balaban J connectivity index is 1.72. The third kappa shape index (κ3) is 5.09. The Hall–Kier alpha value is -3.08. The van der Waals surface area contributed by atoms with Gasteiger partial charge in [0, 0.05) is 23.5 Å². The third-order valence-electron chi connectivity index (χ3n) is 5.42. The molecule has 0 bridgehead atoms. The zero-order valence-corrected chi connectivity index (χ0v) is 18.1. The molecule has 5 heteroatoms. The molecular weight excluding hydrogens is 376 g/mol. The summed E-state index contributed by atoms with van der Waals surface area (Å²) >= 11 is 0. The molecule has 0 saturated heterocycles. The van der Waals surface area contributed by atoms with E-state index in [2.05, 4.69) is 36.3 Å². The van der Waals surface area contributed by atoms with Crippen LogP contribution in [0.15, 0.2) is 54.7 Å². The highest BCUT2D eigenvalue weighted by atomic mass is 16.5. The number of benzene rings is 2. The molecule has 0 radical (unpaired) electrons. The number of fused-ring (bicyclic) bond motifs is 1. The van der Waals surface area contributed by atoms with Crippen LogP contribution < -0.4 is 5.32 Å². The number of H-pyrrole nitrogens is 1. The normalized spacial score (nSPS) is 13.2. The fourth-order valence-corrected chi connectivity index (χ4v) is 3.72. The van der Waals surface area contributed by atoms with Crippen molar-refractivity contribution in [2.45, 2.75) is 45.6 Å². The maximum atomic E-state index is 12.9. The van der Waals surface area contributed by atoms with Gasteiger partial charge in [-0.1, -0.05) is 56.3 Å². The van der Waals surface area contributed by atoms with E-state index in [-0.39, 0.29) is 11.8 Å². The Kier molecular flexibility index (Phi) is 6.93. The van der Waals surface area contributed by atoms with E-state index >= 15 is 0 Å². The zero-order valence-electron chi connectivity index (χ0n) is 18.1. The Labute approximate surface area is 177 Å². The average Bonchev–Trinajstić information content (AvgIpc) is 3.15. The van der Waals surface area contributed by atoms with E-state index in [1.807, 2.05) is 49.5 Å². The molecule has 0 spiro atoms. The molecule has 3 aromatic rings. The van der Waals surface area contributed by atoms with Crippen LogP contribution >= 0.6 is 0 Å². The average molecular weight is 407 g/mol. The minimum atomic E-state index is -0.746. The standard InChI is InChI=1S/C25H30N2O3/c1-16(2)13-18-9-11-19(12-10-18)17(3)24(28)27-23(25(29)30-4)14-20-15-26-22-8-6-5-7-21(20)22/h5-12,15-17,23,26H,13-14H2,1-4H3,(H,27,28)/t17-,23?/m0/s1. The van der Waals surface area contributed by atoms with Gasteiger partial charge in [-0.3, -0.25) is 4.79 Å². The van der Waals surface area contributed by atoms with Crippen molar-refractivity contribution < 1.29 is 14.3 Å². The third-order valence-corrected chi connectivity index (χ3v) is 5.42. The molecule has 5 nitrogen and oxygen atoms in total. The minimum absolute atomic E-state index is 0.193. The molecule has 2 atom stereocenters. The molecule has 0 saturated carbocycles. The van der Waals surface area contributed by atoms with E-state index in [1.54, 1.807) is 0 Å². The van der Waals surface area contributed by atoms with Gasteiger partial charge < -0.3 is 15.0 Å². The summed E-state index contributed by atoms with van der Waals surface area (Å²) in [4.78, 5) is 28.5. The van der Waals surface area contributed by atoms with Crippen LogP contribution in [0.4, 0.5) is 0 Å². The van der Waals surface area contributed by atoms with Crippen LogP contribution in [0.5, 0.6) is 0 Å². The van der Waals surface area contributed by atoms with Gasteiger partial charge in [0.2, 0.25) is 5.91 Å². The molecule has 3 rings (SSSR count). The number of hydrogen-bond donors (Lipinski definition) is 2. The number of aromatic amines is 1. The summed E-state index contributed by atoms with van der Waals surface area (Å²) < 4.78 is 4.95. The molecule has 0 aliphatic rings. The molecule has 1 aromatic heterocycles. The first-order chi connectivity index (χ1) is 14.4. The Bertz CT molecular complexity index is 1000. The summed E-state index contributed by atoms with van der Waals surface area (Å²) in [6, 6.07) is 15.3. The van der Waals surface area contributed by atoms with Crippen molar-refractivity contribution >= 4 is 22.8 Å². The molecule has 158 valence electrons. The number of aromatic nitrogens is 1. The maximum Gasteiger partial charge on any atom is 0.328 e. The van der Waals surface area contributed by atoms with Crippen molar-refractivity contribution in [2.75, 3.05) is 7.11 Å². The Morgan fingerprint density at radius 3 is 2.37 bits per heavy atom. The van der Waals surface area contributed by atoms with Crippen LogP contribution in [-0.2, 0) is 27.2 Å². The molecule has 2 N–H and O–H groups in total. The Morgan fingerprint density at radius 2 is 1.70 bits per heavy atom. The number of esters is 1. The molecule has 0 aliphatic heterocycles. The maximum absolute atomic E-state index is 12.9. The first kappa shape index (κ1) is 21.6. The first-order valence-electron chi connectivity index (χ1n) is 10.4. The van der Waals surface area contributed by atoms with Gasteiger partial charge in [0.05, 0.1) is 13.0 Å². The van der Waals surface area contributed by atoms with Crippen LogP contribution in [-0.4, -0.2) is 30.0 Å². The lowest BCUT2D eigenvalue weighted by molar-refractivity contribution is -0.145. The summed E-state index contributed by atoms with van der Waals surface area (Å²) in [6.45, 7) is 6.22. The topological polar surface area (TPSA) is 71.2 Å². The van der Waals surface area contributed by atoms with Gasteiger partial charge in [0.25, 0.3) is 0 Å². The highest BCUT2D eigenvalue weighted by molar-refractivity contribution is 5.89. The summed E-state index contributed by atoms with van der Waals surface area (Å²) in [5.41, 5.74) is 4.15. The number of hydrogen-bond acceptors (Lipinski definition) is 3. The van der Waals surface area contributed by atoms with Gasteiger partial charge >= 0.3 is 5.97 Å². The number of methoxy groups -OCH3 is 1. The van der Waals surface area contributed by atoms with E-state index in [0.29, 0.717) is 12.3 Å². The van der Waals surface area contributed by atoms with Crippen molar-refractivity contribution in [3.8, 4) is 0 Å². The fraction of sp³-hybridized carbons (Fsp3) is 0.360. The van der Waals surface area contributed by atoms with Crippen LogP contribution in [0.3, 0.4) is 0 Å². The molecule has 1 amide bonds. The van der Waals surface area contributed by atoms with Gasteiger partial charge in [-0.25, -0.2) is 4.79 Å². The monoisotopic (exact) mass is 406 g/mol. The van der Waals surface area contributed by atoms with Gasteiger partial charge in [0.15, 0.2) is 0 Å². The van der Waals surface area contributed by atoms with Gasteiger partial charge in [-0.15, -0.1) is 0 Å². The first-order valence-corrected chi connectivity index (χ1v) is 10.4. The number of carbonyl (C=O) groups is 2. The highest BCUT2D eigenvalue weighted by Crippen LogP contribution is 2.21. The molecule has 2 aromatic carbocycles. The second-order valence-electron chi connectivity index (χ2n) is 8.21. The minimum Gasteiger partial charge on any atom is -0.467 e. The number of ether oxygens (including phenoxy) is 1. The molecule has 0 fully saturated rings. The molecule has 1 heterocycles. The van der Waals surface area contributed by atoms with Crippen molar-refractivity contribution in [3.63, 3.8) is 0 Å². The van der Waals surface area contributed by atoms with Crippen molar-refractivity contribution in [2.24, 2.45) is 5.92 Å². The second-order valence-corrected chi connectivity index (χ2v) is 8.21. The number of amides is 1. The summed E-state index contributed by atoms with van der Waals surface area (Å²) in [6.07, 6.45) is 3.25. The van der Waals surface area contributed by atoms with E-state index in [9.17, 15) is 9.59 Å². The smallest absolute Gasteiger partial charge is 0.328 e. The number of carbonyl (C=O) groups excluding carboxylic acids is 2.